The van der Waals surface area contributed by atoms with Crippen molar-refractivity contribution in [1.29, 1.82) is 0 Å². The van der Waals surface area contributed by atoms with E-state index in [-0.39, 0.29) is 16.9 Å². The predicted octanol–water partition coefficient (Wildman–Crippen LogP) is 2.18. The van der Waals surface area contributed by atoms with Gasteiger partial charge in [0.15, 0.2) is 5.78 Å². The minimum Gasteiger partial charge on any atom is -0.497 e. The minimum absolute atomic E-state index is 0.267. The lowest BCUT2D eigenvalue weighted by atomic mass is 9.86. The number of methoxy groups -OCH3 is 1. The molecule has 2 aromatic rings. The number of aliphatic carboxylic acids is 1. The number of carboxylic acid groups (broad SMARTS) is 1. The smallest absolute Gasteiger partial charge is 0.328 e. The first-order valence-electron chi connectivity index (χ1n) is 6.68. The maximum Gasteiger partial charge on any atom is 0.328 e. The highest BCUT2D eigenvalue weighted by atomic mass is 16.5. The molecule has 5 heteroatoms. The SMILES string of the molecule is COc1cccc(C(=O)c2ccccc2C(C)(N)C(=O)O)c1. The molecule has 0 aromatic heterocycles. The van der Waals surface area contributed by atoms with Crippen molar-refractivity contribution in [1.82, 2.24) is 0 Å². The number of ketones is 1. The van der Waals surface area contributed by atoms with Crippen LogP contribution in [0.25, 0.3) is 0 Å². The van der Waals surface area contributed by atoms with Crippen LogP contribution in [-0.2, 0) is 10.3 Å². The van der Waals surface area contributed by atoms with Crippen LogP contribution in [0.3, 0.4) is 0 Å². The zero-order chi connectivity index (χ0) is 16.3. The average molecular weight is 299 g/mol. The van der Waals surface area contributed by atoms with E-state index in [2.05, 4.69) is 0 Å². The highest BCUT2D eigenvalue weighted by Gasteiger charge is 2.34. The molecule has 0 saturated heterocycles. The average Bonchev–Trinajstić information content (AvgIpc) is 2.54. The molecule has 5 nitrogen and oxygen atoms in total. The first-order chi connectivity index (χ1) is 10.4. The number of carbonyl (C=O) groups excluding carboxylic acids is 1. The zero-order valence-electron chi connectivity index (χ0n) is 12.4. The van der Waals surface area contributed by atoms with Crippen molar-refractivity contribution in [2.75, 3.05) is 7.11 Å². The van der Waals surface area contributed by atoms with Crippen LogP contribution in [-0.4, -0.2) is 24.0 Å². The molecule has 0 fully saturated rings. The zero-order valence-corrected chi connectivity index (χ0v) is 12.4. The number of nitrogens with two attached hydrogens (primary N) is 1. The molecular weight excluding hydrogens is 282 g/mol. The Morgan fingerprint density at radius 1 is 1.14 bits per heavy atom. The van der Waals surface area contributed by atoms with Crippen molar-refractivity contribution in [2.24, 2.45) is 5.73 Å². The van der Waals surface area contributed by atoms with Gasteiger partial charge in [-0.2, -0.15) is 0 Å². The lowest BCUT2D eigenvalue weighted by Crippen LogP contribution is -2.42. The van der Waals surface area contributed by atoms with Gasteiger partial charge in [-0.3, -0.25) is 4.79 Å². The second-order valence-corrected chi connectivity index (χ2v) is 5.11. The molecule has 1 unspecified atom stereocenters. The summed E-state index contributed by atoms with van der Waals surface area (Å²) in [7, 11) is 1.51. The fraction of sp³-hybridized carbons (Fsp3) is 0.176. The fourth-order valence-corrected chi connectivity index (χ4v) is 2.17. The molecule has 2 aromatic carbocycles. The van der Waals surface area contributed by atoms with E-state index in [1.54, 1.807) is 48.5 Å². The number of hydrogen-bond acceptors (Lipinski definition) is 4. The van der Waals surface area contributed by atoms with E-state index in [0.29, 0.717) is 11.3 Å². The first-order valence-corrected chi connectivity index (χ1v) is 6.68. The lowest BCUT2D eigenvalue weighted by molar-refractivity contribution is -0.143. The molecule has 0 bridgehead atoms. The number of benzene rings is 2. The van der Waals surface area contributed by atoms with Gasteiger partial charge in [0.2, 0.25) is 0 Å². The fourth-order valence-electron chi connectivity index (χ4n) is 2.17. The standard InChI is InChI=1S/C17H17NO4/c1-17(18,16(20)21)14-9-4-3-8-13(14)15(19)11-6-5-7-12(10-11)22-2/h3-10H,18H2,1-2H3,(H,20,21). The van der Waals surface area contributed by atoms with Crippen molar-refractivity contribution in [2.45, 2.75) is 12.5 Å². The van der Waals surface area contributed by atoms with Crippen LogP contribution < -0.4 is 10.5 Å². The predicted molar refractivity (Wildman–Crippen MR) is 82.0 cm³/mol. The number of rotatable bonds is 5. The monoisotopic (exact) mass is 299 g/mol. The van der Waals surface area contributed by atoms with E-state index in [1.807, 2.05) is 0 Å². The van der Waals surface area contributed by atoms with Crippen molar-refractivity contribution in [3.8, 4) is 5.75 Å². The van der Waals surface area contributed by atoms with Crippen LogP contribution in [0.5, 0.6) is 5.75 Å². The number of ether oxygens (including phenoxy) is 1. The summed E-state index contributed by atoms with van der Waals surface area (Å²) in [5, 5.41) is 9.30. The van der Waals surface area contributed by atoms with Gasteiger partial charge in [-0.25, -0.2) is 4.79 Å². The second kappa shape index (κ2) is 5.99. The summed E-state index contributed by atoms with van der Waals surface area (Å²) in [6, 6.07) is 13.2. The van der Waals surface area contributed by atoms with Gasteiger partial charge in [0.05, 0.1) is 7.11 Å². The maximum absolute atomic E-state index is 12.7. The Hall–Kier alpha value is -2.66. The van der Waals surface area contributed by atoms with Crippen molar-refractivity contribution in [3.63, 3.8) is 0 Å². The van der Waals surface area contributed by atoms with Gasteiger partial charge in [-0.15, -0.1) is 0 Å². The Morgan fingerprint density at radius 2 is 1.82 bits per heavy atom. The lowest BCUT2D eigenvalue weighted by Gasteiger charge is -2.22. The Morgan fingerprint density at radius 3 is 2.45 bits per heavy atom. The number of carbonyl (C=O) groups is 2. The van der Waals surface area contributed by atoms with Crippen LogP contribution in [0.15, 0.2) is 48.5 Å². The molecule has 0 aliphatic heterocycles. The summed E-state index contributed by atoms with van der Waals surface area (Å²) in [5.41, 5.74) is 5.18. The Bertz CT molecular complexity index is 722. The largest absolute Gasteiger partial charge is 0.497 e. The Labute approximate surface area is 128 Å². The van der Waals surface area contributed by atoms with Crippen molar-refractivity contribution >= 4 is 11.8 Å². The van der Waals surface area contributed by atoms with E-state index in [9.17, 15) is 14.7 Å². The van der Waals surface area contributed by atoms with Gasteiger partial charge in [0.1, 0.15) is 11.3 Å². The quantitative estimate of drug-likeness (QED) is 0.826. The summed E-state index contributed by atoms with van der Waals surface area (Å²) in [5.74, 6) is -0.942. The van der Waals surface area contributed by atoms with Gasteiger partial charge in [-0.1, -0.05) is 36.4 Å². The summed E-state index contributed by atoms with van der Waals surface area (Å²) < 4.78 is 5.11. The first kappa shape index (κ1) is 15.7. The topological polar surface area (TPSA) is 89.6 Å². The molecule has 0 heterocycles. The maximum atomic E-state index is 12.7. The van der Waals surface area contributed by atoms with Crippen LogP contribution in [0.2, 0.25) is 0 Å². The van der Waals surface area contributed by atoms with E-state index >= 15 is 0 Å². The molecule has 2 rings (SSSR count). The van der Waals surface area contributed by atoms with Crippen molar-refractivity contribution < 1.29 is 19.4 Å². The van der Waals surface area contributed by atoms with Gasteiger partial charge in [0.25, 0.3) is 0 Å². The third-order valence-corrected chi connectivity index (χ3v) is 3.51. The van der Waals surface area contributed by atoms with Gasteiger partial charge in [0, 0.05) is 11.1 Å². The normalized spacial score (nSPS) is 13.2. The van der Waals surface area contributed by atoms with E-state index in [1.165, 1.54) is 14.0 Å². The molecule has 0 radical (unpaired) electrons. The molecule has 0 aliphatic carbocycles. The summed E-state index contributed by atoms with van der Waals surface area (Å²) in [6.07, 6.45) is 0. The van der Waals surface area contributed by atoms with E-state index < -0.39 is 11.5 Å². The molecular formula is C17H17NO4. The summed E-state index contributed by atoms with van der Waals surface area (Å²) in [4.78, 5) is 24.1. The third kappa shape index (κ3) is 2.84. The van der Waals surface area contributed by atoms with Crippen LogP contribution in [0.4, 0.5) is 0 Å². The van der Waals surface area contributed by atoms with E-state index in [4.69, 9.17) is 10.5 Å². The Balaban J connectivity index is 2.53. The molecule has 0 amide bonds. The van der Waals surface area contributed by atoms with Crippen LogP contribution >= 0.6 is 0 Å². The highest BCUT2D eigenvalue weighted by Crippen LogP contribution is 2.25. The van der Waals surface area contributed by atoms with Gasteiger partial charge < -0.3 is 15.6 Å². The minimum atomic E-state index is -1.65. The van der Waals surface area contributed by atoms with E-state index in [0.717, 1.165) is 0 Å². The summed E-state index contributed by atoms with van der Waals surface area (Å²) >= 11 is 0. The van der Waals surface area contributed by atoms with Crippen LogP contribution in [0, 0.1) is 0 Å². The summed E-state index contributed by atoms with van der Waals surface area (Å²) in [6.45, 7) is 1.37. The molecule has 0 spiro atoms. The molecule has 0 saturated carbocycles. The third-order valence-electron chi connectivity index (χ3n) is 3.51. The second-order valence-electron chi connectivity index (χ2n) is 5.11. The van der Waals surface area contributed by atoms with Gasteiger partial charge >= 0.3 is 5.97 Å². The molecule has 114 valence electrons. The Kier molecular flexibility index (Phi) is 4.28. The van der Waals surface area contributed by atoms with Crippen molar-refractivity contribution in [3.05, 3.63) is 65.2 Å². The molecule has 0 aliphatic rings. The molecule has 22 heavy (non-hydrogen) atoms. The number of hydrogen-bond donors (Lipinski definition) is 2. The molecule has 3 N–H and O–H groups in total. The molecule has 1 atom stereocenters. The number of carboxylic acids is 1. The highest BCUT2D eigenvalue weighted by molar-refractivity contribution is 6.11. The van der Waals surface area contributed by atoms with Gasteiger partial charge in [-0.05, 0) is 24.6 Å². The van der Waals surface area contributed by atoms with Crippen LogP contribution in [0.1, 0.15) is 28.4 Å².